The van der Waals surface area contributed by atoms with Gasteiger partial charge in [0.1, 0.15) is 11.8 Å². The Hall–Kier alpha value is -4.11. The fraction of sp³-hybridized carbons (Fsp3) is 0.310. The zero-order valence-corrected chi connectivity index (χ0v) is 22.9. The molecule has 0 spiro atoms. The first-order valence-corrected chi connectivity index (χ1v) is 12.9. The summed E-state index contributed by atoms with van der Waals surface area (Å²) in [4.78, 5) is 39.3. The van der Waals surface area contributed by atoms with Crippen LogP contribution < -0.4 is 14.8 Å². The van der Waals surface area contributed by atoms with Crippen molar-refractivity contribution in [2.75, 3.05) is 13.7 Å². The molecule has 2 amide bonds. The van der Waals surface area contributed by atoms with Crippen LogP contribution in [0.25, 0.3) is 0 Å². The lowest BCUT2D eigenvalue weighted by Crippen LogP contribution is -2.53. The summed E-state index contributed by atoms with van der Waals surface area (Å²) in [5.41, 5.74) is 1.47. The monoisotopic (exact) mass is 553 g/mol. The Balaban J connectivity index is 1.91. The van der Waals surface area contributed by atoms with Crippen molar-refractivity contribution in [3.8, 4) is 11.5 Å². The highest BCUT2D eigenvalue weighted by Gasteiger charge is 2.31. The fourth-order valence-corrected chi connectivity index (χ4v) is 4.03. The van der Waals surface area contributed by atoms with E-state index in [1.807, 2.05) is 44.2 Å². The summed E-state index contributed by atoms with van der Waals surface area (Å²) < 4.78 is 10.8. The number of nitro benzene ring substituents is 1. The fourth-order valence-electron chi connectivity index (χ4n) is 3.91. The average Bonchev–Trinajstić information content (AvgIpc) is 2.94. The van der Waals surface area contributed by atoms with Crippen LogP contribution in [0, 0.1) is 10.1 Å². The second-order valence-electron chi connectivity index (χ2n) is 9.05. The Labute approximate surface area is 232 Å². The van der Waals surface area contributed by atoms with E-state index in [-0.39, 0.29) is 35.7 Å². The minimum atomic E-state index is -0.820. The zero-order chi connectivity index (χ0) is 28.4. The molecule has 2 atom stereocenters. The van der Waals surface area contributed by atoms with Crippen molar-refractivity contribution in [3.05, 3.63) is 99.1 Å². The Morgan fingerprint density at radius 3 is 2.36 bits per heavy atom. The van der Waals surface area contributed by atoms with E-state index < -0.39 is 23.5 Å². The van der Waals surface area contributed by atoms with Crippen LogP contribution in [0.2, 0.25) is 5.02 Å². The van der Waals surface area contributed by atoms with Gasteiger partial charge in [0.05, 0.1) is 12.0 Å². The number of nitrogens with one attached hydrogen (secondary N) is 1. The molecule has 1 N–H and O–H groups in total. The molecule has 0 aliphatic carbocycles. The molecule has 9 nitrogen and oxygen atoms in total. The van der Waals surface area contributed by atoms with Crippen molar-refractivity contribution >= 4 is 29.1 Å². The van der Waals surface area contributed by atoms with Crippen molar-refractivity contribution in [2.24, 2.45) is 0 Å². The third-order valence-corrected chi connectivity index (χ3v) is 6.50. The van der Waals surface area contributed by atoms with E-state index >= 15 is 0 Å². The number of halogens is 1. The van der Waals surface area contributed by atoms with Gasteiger partial charge >= 0.3 is 5.69 Å². The Bertz CT molecular complexity index is 1270. The summed E-state index contributed by atoms with van der Waals surface area (Å²) in [6.45, 7) is 3.64. The van der Waals surface area contributed by atoms with Crippen LogP contribution in [0.15, 0.2) is 72.8 Å². The largest absolute Gasteiger partial charge is 0.490 e. The molecule has 0 heterocycles. The number of nitro groups is 1. The molecule has 0 bridgehead atoms. The van der Waals surface area contributed by atoms with Gasteiger partial charge in [0.15, 0.2) is 6.61 Å². The maximum Gasteiger partial charge on any atom is 0.311 e. The van der Waals surface area contributed by atoms with Crippen LogP contribution in [0.4, 0.5) is 5.69 Å². The molecule has 0 aliphatic heterocycles. The number of amides is 2. The third-order valence-electron chi connectivity index (χ3n) is 6.25. The quantitative estimate of drug-likeness (QED) is 0.230. The second-order valence-corrected chi connectivity index (χ2v) is 9.49. The molecule has 0 saturated heterocycles. The number of methoxy groups -OCH3 is 1. The second kappa shape index (κ2) is 14.2. The standard InChI is InChI=1S/C29H32ClN3O6/c1-4-20(2)31-29(35)26(16-21-8-6-5-7-9-21)32(18-22-10-12-23(30)13-11-22)28(34)19-39-24-14-15-25(33(36)37)27(17-24)38-3/h5-15,17,20,26H,4,16,18-19H2,1-3H3,(H,31,35)/t20-,26-/m0/s1. The molecule has 0 aromatic heterocycles. The molecule has 0 saturated carbocycles. The highest BCUT2D eigenvalue weighted by atomic mass is 35.5. The lowest BCUT2D eigenvalue weighted by molar-refractivity contribution is -0.385. The number of hydrogen-bond acceptors (Lipinski definition) is 6. The van der Waals surface area contributed by atoms with Gasteiger partial charge in [0, 0.05) is 36.2 Å². The Morgan fingerprint density at radius 2 is 1.74 bits per heavy atom. The summed E-state index contributed by atoms with van der Waals surface area (Å²) in [7, 11) is 1.31. The van der Waals surface area contributed by atoms with Gasteiger partial charge in [-0.05, 0) is 42.7 Å². The van der Waals surface area contributed by atoms with E-state index in [2.05, 4.69) is 5.32 Å². The van der Waals surface area contributed by atoms with Gasteiger partial charge in [-0.3, -0.25) is 19.7 Å². The van der Waals surface area contributed by atoms with Crippen molar-refractivity contribution < 1.29 is 24.0 Å². The first-order chi connectivity index (χ1) is 18.7. The van der Waals surface area contributed by atoms with Gasteiger partial charge in [0.2, 0.25) is 11.7 Å². The molecule has 10 heteroatoms. The summed E-state index contributed by atoms with van der Waals surface area (Å²) in [6.07, 6.45) is 1.04. The lowest BCUT2D eigenvalue weighted by atomic mass is 10.0. The van der Waals surface area contributed by atoms with E-state index in [1.165, 1.54) is 30.2 Å². The molecule has 3 aromatic carbocycles. The van der Waals surface area contributed by atoms with Crippen molar-refractivity contribution in [3.63, 3.8) is 0 Å². The SMILES string of the molecule is CC[C@H](C)NC(=O)[C@H](Cc1ccccc1)N(Cc1ccc(Cl)cc1)C(=O)COc1ccc([N+](=O)[O-])c(OC)c1. The van der Waals surface area contributed by atoms with Crippen molar-refractivity contribution in [1.82, 2.24) is 10.2 Å². The number of rotatable bonds is 13. The third kappa shape index (κ3) is 8.44. The Kier molecular flexibility index (Phi) is 10.7. The molecule has 0 unspecified atom stereocenters. The molecule has 3 aromatic rings. The number of carbonyl (C=O) groups is 2. The maximum atomic E-state index is 13.7. The van der Waals surface area contributed by atoms with E-state index in [0.717, 1.165) is 17.5 Å². The number of hydrogen-bond donors (Lipinski definition) is 1. The normalized spacial score (nSPS) is 12.2. The van der Waals surface area contributed by atoms with E-state index in [1.54, 1.807) is 24.3 Å². The van der Waals surface area contributed by atoms with Gasteiger partial charge in [-0.2, -0.15) is 0 Å². The molecule has 0 radical (unpaired) electrons. The van der Waals surface area contributed by atoms with Crippen LogP contribution in [0.5, 0.6) is 11.5 Å². The molecule has 0 aliphatic rings. The molecular weight excluding hydrogens is 522 g/mol. The van der Waals surface area contributed by atoms with Gasteiger partial charge in [-0.15, -0.1) is 0 Å². The minimum Gasteiger partial charge on any atom is -0.490 e. The smallest absolute Gasteiger partial charge is 0.311 e. The van der Waals surface area contributed by atoms with E-state index in [4.69, 9.17) is 21.1 Å². The van der Waals surface area contributed by atoms with Crippen LogP contribution in [0.3, 0.4) is 0 Å². The first-order valence-electron chi connectivity index (χ1n) is 12.5. The predicted octanol–water partition coefficient (Wildman–Crippen LogP) is 5.19. The van der Waals surface area contributed by atoms with Crippen LogP contribution >= 0.6 is 11.6 Å². The van der Waals surface area contributed by atoms with Crippen LogP contribution in [-0.4, -0.2) is 47.4 Å². The number of ether oxygens (including phenoxy) is 2. The summed E-state index contributed by atoms with van der Waals surface area (Å²) in [5.74, 6) is -0.464. The predicted molar refractivity (Wildman–Crippen MR) is 149 cm³/mol. The van der Waals surface area contributed by atoms with Gasteiger partial charge < -0.3 is 19.7 Å². The molecule has 0 fully saturated rings. The van der Waals surface area contributed by atoms with E-state index in [9.17, 15) is 19.7 Å². The van der Waals surface area contributed by atoms with Crippen LogP contribution in [-0.2, 0) is 22.6 Å². The lowest BCUT2D eigenvalue weighted by Gasteiger charge is -2.32. The highest BCUT2D eigenvalue weighted by Crippen LogP contribution is 2.31. The Morgan fingerprint density at radius 1 is 1.05 bits per heavy atom. The number of benzene rings is 3. The molecule has 3 rings (SSSR count). The van der Waals surface area contributed by atoms with Crippen molar-refractivity contribution in [2.45, 2.75) is 45.3 Å². The molecule has 206 valence electrons. The number of carbonyl (C=O) groups excluding carboxylic acids is 2. The maximum absolute atomic E-state index is 13.7. The van der Waals surface area contributed by atoms with Crippen LogP contribution in [0.1, 0.15) is 31.4 Å². The topological polar surface area (TPSA) is 111 Å². The minimum absolute atomic E-state index is 0.0119. The van der Waals surface area contributed by atoms with Gasteiger partial charge in [-0.25, -0.2) is 0 Å². The van der Waals surface area contributed by atoms with E-state index in [0.29, 0.717) is 11.4 Å². The summed E-state index contributed by atoms with van der Waals surface area (Å²) in [6, 6.07) is 19.6. The number of nitrogens with zero attached hydrogens (tertiary/aromatic N) is 2. The molecular formula is C29H32ClN3O6. The van der Waals surface area contributed by atoms with Crippen molar-refractivity contribution in [1.29, 1.82) is 0 Å². The zero-order valence-electron chi connectivity index (χ0n) is 22.1. The van der Waals surface area contributed by atoms with Gasteiger partial charge in [-0.1, -0.05) is 61.0 Å². The molecule has 39 heavy (non-hydrogen) atoms. The summed E-state index contributed by atoms with van der Waals surface area (Å²) >= 11 is 6.06. The summed E-state index contributed by atoms with van der Waals surface area (Å²) in [5, 5.41) is 14.8. The first kappa shape index (κ1) is 29.4. The average molecular weight is 554 g/mol. The van der Waals surface area contributed by atoms with Gasteiger partial charge in [0.25, 0.3) is 5.91 Å². The highest BCUT2D eigenvalue weighted by molar-refractivity contribution is 6.30.